The van der Waals surface area contributed by atoms with Gasteiger partial charge in [0.05, 0.1) is 39.6 Å². The van der Waals surface area contributed by atoms with Crippen LogP contribution in [0.15, 0.2) is 0 Å². The highest BCUT2D eigenvalue weighted by Crippen LogP contribution is 2.37. The molecule has 0 rings (SSSR count). The third kappa shape index (κ3) is 15.7. The summed E-state index contributed by atoms with van der Waals surface area (Å²) in [4.78, 5) is 26.4. The Kier molecular flexibility index (Phi) is 25.7. The predicted octanol–water partition coefficient (Wildman–Crippen LogP) is 7.79. The highest BCUT2D eigenvalue weighted by Gasteiger charge is 2.59. The first-order chi connectivity index (χ1) is 23.0. The van der Waals surface area contributed by atoms with Crippen molar-refractivity contribution in [2.24, 2.45) is 0 Å². The van der Waals surface area contributed by atoms with Gasteiger partial charge in [0.1, 0.15) is 0 Å². The second kappa shape index (κ2) is 26.4. The van der Waals surface area contributed by atoms with E-state index in [4.69, 9.17) is 47.4 Å². The first-order valence-electron chi connectivity index (χ1n) is 18.5. The number of hydrogen-bond acceptors (Lipinski definition) is 12. The monoisotopic (exact) mass is 694 g/mol. The molecule has 286 valence electrons. The van der Waals surface area contributed by atoms with Crippen molar-refractivity contribution in [2.45, 2.75) is 170 Å². The molecule has 0 aliphatic heterocycles. The lowest BCUT2D eigenvalue weighted by Crippen LogP contribution is -2.62. The van der Waals surface area contributed by atoms with Gasteiger partial charge in [0, 0.05) is 26.1 Å². The van der Waals surface area contributed by atoms with E-state index in [9.17, 15) is 9.59 Å². The molecule has 0 fully saturated rings. The van der Waals surface area contributed by atoms with E-state index in [0.717, 1.165) is 12.8 Å². The molecule has 2 unspecified atom stereocenters. The minimum Gasteiger partial charge on any atom is -0.403 e. The number of carbonyl (C=O) groups excluding carboxylic acids is 2. The van der Waals surface area contributed by atoms with Crippen LogP contribution in [0.5, 0.6) is 0 Å². The summed E-state index contributed by atoms with van der Waals surface area (Å²) < 4.78 is 60.3. The highest BCUT2D eigenvalue weighted by molar-refractivity contribution is 5.70. The maximum Gasteiger partial charge on any atom is 0.386 e. The molecule has 0 heterocycles. The standard InChI is InChI=1S/C36H70O12/c1-11-25-41-33(9,39-17-7)35(43-27-13-3,44-28-14-4)47-31(37)23-21-19-20-22-24-32(38)48-36(45-29-15-5,46-30-16-6)34(10,40-18-8)42-26-12-2/h11-30H2,1-10H3. The molecular formula is C36H70O12. The van der Waals surface area contributed by atoms with Gasteiger partial charge in [-0.1, -0.05) is 54.4 Å². The normalized spacial score (nSPS) is 14.8. The zero-order valence-corrected chi connectivity index (χ0v) is 32.0. The Morgan fingerprint density at radius 2 is 0.667 bits per heavy atom. The fourth-order valence-electron chi connectivity index (χ4n) is 4.73. The second-order valence-corrected chi connectivity index (χ2v) is 11.8. The van der Waals surface area contributed by atoms with Gasteiger partial charge in [-0.15, -0.1) is 0 Å². The van der Waals surface area contributed by atoms with Crippen molar-refractivity contribution in [1.29, 1.82) is 0 Å². The third-order valence-electron chi connectivity index (χ3n) is 7.11. The molecule has 2 atom stereocenters. The Morgan fingerprint density at radius 1 is 0.396 bits per heavy atom. The number of rotatable bonds is 33. The predicted molar refractivity (Wildman–Crippen MR) is 183 cm³/mol. The topological polar surface area (TPSA) is 126 Å². The van der Waals surface area contributed by atoms with Crippen molar-refractivity contribution in [1.82, 2.24) is 0 Å². The van der Waals surface area contributed by atoms with E-state index in [2.05, 4.69) is 0 Å². The molecule has 0 aromatic rings. The summed E-state index contributed by atoms with van der Waals surface area (Å²) in [5.74, 6) is -7.60. The quantitative estimate of drug-likeness (QED) is 0.0378. The SMILES string of the molecule is CCCOC(C)(OCC)C(OCCC)(OCCC)OC(=O)CCCCCCC(=O)OC(OCCC)(OCCC)C(C)(OCC)OCCC. The van der Waals surface area contributed by atoms with Crippen molar-refractivity contribution >= 4 is 11.9 Å². The molecule has 0 aliphatic rings. The molecule has 0 spiro atoms. The highest BCUT2D eigenvalue weighted by atomic mass is 16.9. The molecule has 0 saturated heterocycles. The molecule has 0 aromatic heterocycles. The number of ether oxygens (including phenoxy) is 10. The van der Waals surface area contributed by atoms with Crippen LogP contribution >= 0.6 is 0 Å². The van der Waals surface area contributed by atoms with Crippen LogP contribution in [0.4, 0.5) is 0 Å². The Balaban J connectivity index is 5.47. The Hall–Kier alpha value is -1.38. The van der Waals surface area contributed by atoms with Crippen LogP contribution in [0.1, 0.15) is 146 Å². The fraction of sp³-hybridized carbons (Fsp3) is 0.944. The van der Waals surface area contributed by atoms with E-state index >= 15 is 0 Å². The van der Waals surface area contributed by atoms with Gasteiger partial charge < -0.3 is 47.4 Å². The maximum atomic E-state index is 13.2. The summed E-state index contributed by atoms with van der Waals surface area (Å²) in [5.41, 5.74) is 0. The third-order valence-corrected chi connectivity index (χ3v) is 7.11. The zero-order chi connectivity index (χ0) is 36.4. The van der Waals surface area contributed by atoms with Gasteiger partial charge in [-0.05, 0) is 79.1 Å². The van der Waals surface area contributed by atoms with E-state index in [0.29, 0.717) is 77.8 Å². The minimum absolute atomic E-state index is 0.132. The van der Waals surface area contributed by atoms with Crippen molar-refractivity contribution in [3.05, 3.63) is 0 Å². The van der Waals surface area contributed by atoms with E-state index in [1.165, 1.54) is 0 Å². The summed E-state index contributed by atoms with van der Waals surface area (Å²) >= 11 is 0. The first-order valence-corrected chi connectivity index (χ1v) is 18.5. The van der Waals surface area contributed by atoms with Gasteiger partial charge in [-0.25, -0.2) is 0 Å². The summed E-state index contributed by atoms with van der Waals surface area (Å²) in [5, 5.41) is 0. The lowest BCUT2D eigenvalue weighted by molar-refractivity contribution is -0.480. The van der Waals surface area contributed by atoms with Crippen molar-refractivity contribution < 1.29 is 57.0 Å². The Bertz CT molecular complexity index is 743. The van der Waals surface area contributed by atoms with Crippen LogP contribution < -0.4 is 0 Å². The van der Waals surface area contributed by atoms with Gasteiger partial charge in [-0.2, -0.15) is 0 Å². The molecule has 0 aromatic carbocycles. The van der Waals surface area contributed by atoms with Crippen LogP contribution in [0, 0.1) is 0 Å². The van der Waals surface area contributed by atoms with Gasteiger partial charge in [0.2, 0.25) is 0 Å². The van der Waals surface area contributed by atoms with Crippen LogP contribution in [0.25, 0.3) is 0 Å². The summed E-state index contributed by atoms with van der Waals surface area (Å²) in [6.45, 7) is 21.3. The first kappa shape index (κ1) is 46.6. The summed E-state index contributed by atoms with van der Waals surface area (Å²) in [6.07, 6.45) is 6.93. The lowest BCUT2D eigenvalue weighted by Gasteiger charge is -2.44. The fourth-order valence-corrected chi connectivity index (χ4v) is 4.73. The lowest BCUT2D eigenvalue weighted by atomic mass is 10.1. The van der Waals surface area contributed by atoms with Crippen molar-refractivity contribution in [2.75, 3.05) is 52.9 Å². The van der Waals surface area contributed by atoms with Gasteiger partial charge in [0.15, 0.2) is 0 Å². The van der Waals surface area contributed by atoms with Gasteiger partial charge >= 0.3 is 23.9 Å². The number of esters is 2. The van der Waals surface area contributed by atoms with Crippen LogP contribution in [-0.4, -0.2) is 88.3 Å². The molecule has 0 N–H and O–H groups in total. The average molecular weight is 695 g/mol. The number of carbonyl (C=O) groups is 2. The van der Waals surface area contributed by atoms with Gasteiger partial charge in [0.25, 0.3) is 11.6 Å². The Labute approximate surface area is 291 Å². The van der Waals surface area contributed by atoms with Gasteiger partial charge in [-0.3, -0.25) is 9.59 Å². The van der Waals surface area contributed by atoms with Crippen LogP contribution in [0.3, 0.4) is 0 Å². The van der Waals surface area contributed by atoms with Crippen molar-refractivity contribution in [3.8, 4) is 0 Å². The molecule has 0 amide bonds. The van der Waals surface area contributed by atoms with E-state index in [1.54, 1.807) is 13.8 Å². The minimum atomic E-state index is -1.85. The maximum absolute atomic E-state index is 13.2. The number of unbranched alkanes of at least 4 members (excludes halogenated alkanes) is 3. The van der Waals surface area contributed by atoms with E-state index in [1.807, 2.05) is 55.4 Å². The molecule has 48 heavy (non-hydrogen) atoms. The van der Waals surface area contributed by atoms with Crippen LogP contribution in [0.2, 0.25) is 0 Å². The second-order valence-electron chi connectivity index (χ2n) is 11.8. The zero-order valence-electron chi connectivity index (χ0n) is 32.0. The molecule has 0 bridgehead atoms. The average Bonchev–Trinajstić information content (AvgIpc) is 3.07. The molecular weight excluding hydrogens is 624 g/mol. The molecule has 0 radical (unpaired) electrons. The summed E-state index contributed by atoms with van der Waals surface area (Å²) in [6, 6.07) is 0. The number of hydrogen-bond donors (Lipinski definition) is 0. The Morgan fingerprint density at radius 3 is 0.917 bits per heavy atom. The largest absolute Gasteiger partial charge is 0.403 e. The van der Waals surface area contributed by atoms with E-state index in [-0.39, 0.29) is 39.3 Å². The van der Waals surface area contributed by atoms with Crippen molar-refractivity contribution in [3.63, 3.8) is 0 Å². The molecule has 12 nitrogen and oxygen atoms in total. The summed E-state index contributed by atoms with van der Waals surface area (Å²) in [7, 11) is 0. The molecule has 0 aliphatic carbocycles. The molecule has 0 saturated carbocycles. The smallest absolute Gasteiger partial charge is 0.386 e. The molecule has 12 heteroatoms. The van der Waals surface area contributed by atoms with Crippen LogP contribution in [-0.2, 0) is 57.0 Å². The van der Waals surface area contributed by atoms with E-state index < -0.39 is 35.5 Å².